The monoisotopic (exact) mass is 238 g/mol. The molecule has 0 saturated carbocycles. The van der Waals surface area contributed by atoms with Gasteiger partial charge < -0.3 is 10.4 Å². The highest BCUT2D eigenvalue weighted by molar-refractivity contribution is 5.77. The first-order valence-corrected chi connectivity index (χ1v) is 5.48. The lowest BCUT2D eigenvalue weighted by molar-refractivity contribution is -0.122. The summed E-state index contributed by atoms with van der Waals surface area (Å²) in [7, 11) is 0. The number of hydrogen-bond donors (Lipinski definition) is 2. The van der Waals surface area contributed by atoms with Crippen LogP contribution in [-0.2, 0) is 4.79 Å². The van der Waals surface area contributed by atoms with Crippen LogP contribution in [0.1, 0.15) is 19.8 Å². The molecule has 0 unspecified atom stereocenters. The van der Waals surface area contributed by atoms with Crippen molar-refractivity contribution < 1.29 is 18.7 Å². The van der Waals surface area contributed by atoms with E-state index in [0.29, 0.717) is 6.54 Å². The lowest BCUT2D eigenvalue weighted by Gasteiger charge is -2.19. The molecular formula is C10H20F2N2O2. The molecule has 1 amide bonds. The molecule has 0 spiro atoms. The molecule has 0 aromatic rings. The van der Waals surface area contributed by atoms with E-state index in [1.807, 2.05) is 6.92 Å². The summed E-state index contributed by atoms with van der Waals surface area (Å²) in [5.41, 5.74) is 0. The summed E-state index contributed by atoms with van der Waals surface area (Å²) >= 11 is 0. The van der Waals surface area contributed by atoms with Gasteiger partial charge in [-0.05, 0) is 6.42 Å². The highest BCUT2D eigenvalue weighted by Crippen LogP contribution is 1.97. The second-order valence-corrected chi connectivity index (χ2v) is 3.55. The van der Waals surface area contributed by atoms with Gasteiger partial charge >= 0.3 is 0 Å². The molecule has 0 heterocycles. The maximum Gasteiger partial charge on any atom is 0.251 e. The van der Waals surface area contributed by atoms with Gasteiger partial charge in [-0.2, -0.15) is 0 Å². The van der Waals surface area contributed by atoms with E-state index in [1.54, 1.807) is 0 Å². The van der Waals surface area contributed by atoms with Crippen LogP contribution >= 0.6 is 0 Å². The maximum absolute atomic E-state index is 12.1. The first-order valence-electron chi connectivity index (χ1n) is 5.48. The summed E-state index contributed by atoms with van der Waals surface area (Å²) in [4.78, 5) is 12.5. The fourth-order valence-electron chi connectivity index (χ4n) is 1.24. The number of carbonyl (C=O) groups excluding carboxylic acids is 1. The van der Waals surface area contributed by atoms with Crippen LogP contribution in [0, 0.1) is 0 Å². The molecule has 0 atom stereocenters. The molecule has 0 aliphatic heterocycles. The molecule has 4 nitrogen and oxygen atoms in total. The Labute approximate surface area is 94.6 Å². The zero-order valence-corrected chi connectivity index (χ0v) is 9.59. The Morgan fingerprint density at radius 2 is 2.19 bits per heavy atom. The number of alkyl halides is 2. The molecule has 0 aromatic heterocycles. The van der Waals surface area contributed by atoms with Crippen molar-refractivity contribution in [3.8, 4) is 0 Å². The Balaban J connectivity index is 3.83. The van der Waals surface area contributed by atoms with Gasteiger partial charge in [0.05, 0.1) is 19.7 Å². The number of unbranched alkanes of at least 4 members (excludes halogenated alkanes) is 1. The third-order valence-electron chi connectivity index (χ3n) is 2.03. The average Bonchev–Trinajstić information content (AvgIpc) is 2.17. The van der Waals surface area contributed by atoms with E-state index in [-0.39, 0.29) is 25.6 Å². The predicted molar refractivity (Wildman–Crippen MR) is 57.4 cm³/mol. The molecule has 0 aliphatic rings. The summed E-state index contributed by atoms with van der Waals surface area (Å²) in [5, 5.41) is 11.3. The van der Waals surface area contributed by atoms with Crippen molar-refractivity contribution in [2.24, 2.45) is 0 Å². The first kappa shape index (κ1) is 15.2. The third-order valence-corrected chi connectivity index (χ3v) is 2.03. The minimum absolute atomic E-state index is 0.0887. The van der Waals surface area contributed by atoms with Crippen molar-refractivity contribution in [3.63, 3.8) is 0 Å². The molecule has 2 N–H and O–H groups in total. The van der Waals surface area contributed by atoms with Crippen LogP contribution in [-0.4, -0.2) is 55.1 Å². The van der Waals surface area contributed by atoms with Crippen LogP contribution in [0.4, 0.5) is 8.78 Å². The third kappa shape index (κ3) is 8.55. The van der Waals surface area contributed by atoms with Gasteiger partial charge in [0.15, 0.2) is 0 Å². The van der Waals surface area contributed by atoms with E-state index < -0.39 is 13.0 Å². The van der Waals surface area contributed by atoms with Gasteiger partial charge in [0.25, 0.3) is 6.43 Å². The second-order valence-electron chi connectivity index (χ2n) is 3.55. The first-order chi connectivity index (χ1) is 7.60. The highest BCUT2D eigenvalue weighted by Gasteiger charge is 2.14. The number of rotatable bonds is 9. The molecule has 0 fully saturated rings. The number of carbonyl (C=O) groups is 1. The van der Waals surface area contributed by atoms with E-state index in [2.05, 4.69) is 5.32 Å². The minimum Gasteiger partial charge on any atom is -0.395 e. The largest absolute Gasteiger partial charge is 0.395 e. The quantitative estimate of drug-likeness (QED) is 0.574. The number of nitrogens with zero attached hydrogens (tertiary/aromatic N) is 1. The lowest BCUT2D eigenvalue weighted by Crippen LogP contribution is -2.41. The predicted octanol–water partition coefficient (Wildman–Crippen LogP) is 0.462. The number of amides is 1. The highest BCUT2D eigenvalue weighted by atomic mass is 19.3. The Hall–Kier alpha value is -0.750. The summed E-state index contributed by atoms with van der Waals surface area (Å²) in [5.74, 6) is -0.275. The van der Waals surface area contributed by atoms with E-state index in [0.717, 1.165) is 12.8 Å². The van der Waals surface area contributed by atoms with Crippen LogP contribution < -0.4 is 5.32 Å². The van der Waals surface area contributed by atoms with Crippen molar-refractivity contribution in [2.45, 2.75) is 26.2 Å². The van der Waals surface area contributed by atoms with E-state index in [9.17, 15) is 13.6 Å². The van der Waals surface area contributed by atoms with Gasteiger partial charge in [-0.25, -0.2) is 8.78 Å². The Kier molecular flexibility index (Phi) is 9.03. The van der Waals surface area contributed by atoms with Crippen molar-refractivity contribution in [1.82, 2.24) is 10.2 Å². The average molecular weight is 238 g/mol. The van der Waals surface area contributed by atoms with Gasteiger partial charge in [0.2, 0.25) is 5.91 Å². The van der Waals surface area contributed by atoms with Crippen LogP contribution in [0.5, 0.6) is 0 Å². The van der Waals surface area contributed by atoms with Crippen LogP contribution in [0.3, 0.4) is 0 Å². The second kappa shape index (κ2) is 9.47. The molecule has 6 heteroatoms. The molecule has 16 heavy (non-hydrogen) atoms. The van der Waals surface area contributed by atoms with Crippen molar-refractivity contribution in [3.05, 3.63) is 0 Å². The molecule has 0 aliphatic carbocycles. The van der Waals surface area contributed by atoms with E-state index >= 15 is 0 Å². The number of aliphatic hydroxyl groups is 1. The zero-order chi connectivity index (χ0) is 12.4. The van der Waals surface area contributed by atoms with E-state index in [1.165, 1.54) is 4.90 Å². The Morgan fingerprint density at radius 1 is 1.50 bits per heavy atom. The fourth-order valence-corrected chi connectivity index (χ4v) is 1.24. The Bertz CT molecular complexity index is 192. The summed E-state index contributed by atoms with van der Waals surface area (Å²) in [6.07, 6.45) is -0.645. The summed E-state index contributed by atoms with van der Waals surface area (Å²) in [6.45, 7) is 1.86. The molecule has 0 radical (unpaired) electrons. The minimum atomic E-state index is -2.49. The Morgan fingerprint density at radius 3 is 2.69 bits per heavy atom. The number of hydrogen-bond acceptors (Lipinski definition) is 3. The molecule has 0 rings (SSSR count). The van der Waals surface area contributed by atoms with Gasteiger partial charge in [0.1, 0.15) is 0 Å². The molecule has 0 aromatic carbocycles. The van der Waals surface area contributed by atoms with Gasteiger partial charge in [-0.3, -0.25) is 9.69 Å². The van der Waals surface area contributed by atoms with Crippen molar-refractivity contribution in [1.29, 1.82) is 0 Å². The van der Waals surface area contributed by atoms with Crippen molar-refractivity contribution >= 4 is 5.91 Å². The topological polar surface area (TPSA) is 52.6 Å². The standard InChI is InChI=1S/C10H20F2N2O2/c1-2-3-4-13-10(16)8-14(5-6-15)7-9(11)12/h9,15H,2-8H2,1H3,(H,13,16). The summed E-state index contributed by atoms with van der Waals surface area (Å²) < 4.78 is 24.2. The SMILES string of the molecule is CCCCNC(=O)CN(CCO)CC(F)F. The smallest absolute Gasteiger partial charge is 0.251 e. The van der Waals surface area contributed by atoms with Crippen LogP contribution in [0.25, 0.3) is 0 Å². The van der Waals surface area contributed by atoms with Gasteiger partial charge in [-0.15, -0.1) is 0 Å². The van der Waals surface area contributed by atoms with Gasteiger partial charge in [-0.1, -0.05) is 13.3 Å². The lowest BCUT2D eigenvalue weighted by atomic mass is 10.3. The number of halogens is 2. The van der Waals surface area contributed by atoms with E-state index in [4.69, 9.17) is 5.11 Å². The maximum atomic E-state index is 12.1. The molecule has 0 bridgehead atoms. The van der Waals surface area contributed by atoms with Crippen LogP contribution in [0.2, 0.25) is 0 Å². The molecule has 96 valence electrons. The summed E-state index contributed by atoms with van der Waals surface area (Å²) in [6, 6.07) is 0. The number of nitrogens with one attached hydrogen (secondary N) is 1. The van der Waals surface area contributed by atoms with Crippen LogP contribution in [0.15, 0.2) is 0 Å². The molecule has 0 saturated heterocycles. The molecular weight excluding hydrogens is 218 g/mol. The fraction of sp³-hybridized carbons (Fsp3) is 0.900. The van der Waals surface area contributed by atoms with Crippen molar-refractivity contribution in [2.75, 3.05) is 32.8 Å². The number of aliphatic hydroxyl groups excluding tert-OH is 1. The normalized spacial score (nSPS) is 11.1. The zero-order valence-electron chi connectivity index (χ0n) is 9.59. The van der Waals surface area contributed by atoms with Gasteiger partial charge in [0, 0.05) is 13.1 Å².